The summed E-state index contributed by atoms with van der Waals surface area (Å²) < 4.78 is 18.7. The summed E-state index contributed by atoms with van der Waals surface area (Å²) in [5, 5.41) is 5.74. The molecule has 2 heterocycles. The average molecular weight is 546 g/mol. The number of aromatic nitrogens is 2. The summed E-state index contributed by atoms with van der Waals surface area (Å²) in [6, 6.07) is 21.6. The van der Waals surface area contributed by atoms with Crippen LogP contribution in [0.3, 0.4) is 0 Å². The molecule has 2 aromatic heterocycles. The van der Waals surface area contributed by atoms with E-state index in [9.17, 15) is 9.59 Å². The Labute approximate surface area is 213 Å². The van der Waals surface area contributed by atoms with Crippen molar-refractivity contribution in [3.63, 3.8) is 0 Å². The van der Waals surface area contributed by atoms with Crippen molar-refractivity contribution in [2.24, 2.45) is 5.10 Å². The first-order valence-corrected chi connectivity index (χ1v) is 12.0. The van der Waals surface area contributed by atoms with E-state index in [4.69, 9.17) is 13.9 Å². The van der Waals surface area contributed by atoms with Gasteiger partial charge in [0.2, 0.25) is 5.82 Å². The molecule has 9 heteroatoms. The minimum absolute atomic E-state index is 0.240. The zero-order chi connectivity index (χ0) is 25.1. The van der Waals surface area contributed by atoms with Gasteiger partial charge in [0.05, 0.1) is 23.7 Å². The van der Waals surface area contributed by atoms with E-state index in [1.165, 1.54) is 10.9 Å². The fourth-order valence-electron chi connectivity index (χ4n) is 3.69. The van der Waals surface area contributed by atoms with Crippen molar-refractivity contribution in [1.82, 2.24) is 9.66 Å². The van der Waals surface area contributed by atoms with Crippen LogP contribution in [0.1, 0.15) is 12.5 Å². The first kappa shape index (κ1) is 23.5. The molecule has 0 bridgehead atoms. The van der Waals surface area contributed by atoms with Gasteiger partial charge in [0.15, 0.2) is 12.4 Å². The van der Waals surface area contributed by atoms with Gasteiger partial charge in [0.25, 0.3) is 5.56 Å². The number of esters is 1. The van der Waals surface area contributed by atoms with E-state index in [0.717, 1.165) is 9.86 Å². The molecule has 5 rings (SSSR count). The van der Waals surface area contributed by atoms with Gasteiger partial charge in [-0.25, -0.2) is 9.78 Å². The van der Waals surface area contributed by atoms with E-state index >= 15 is 0 Å². The monoisotopic (exact) mass is 545 g/mol. The highest BCUT2D eigenvalue weighted by molar-refractivity contribution is 9.10. The number of carbonyl (C=O) groups is 1. The van der Waals surface area contributed by atoms with Gasteiger partial charge in [-0.3, -0.25) is 4.79 Å². The lowest BCUT2D eigenvalue weighted by Crippen LogP contribution is -2.20. The topological polar surface area (TPSA) is 95.9 Å². The molecule has 0 aliphatic rings. The van der Waals surface area contributed by atoms with E-state index < -0.39 is 5.97 Å². The van der Waals surface area contributed by atoms with E-state index in [2.05, 4.69) is 26.0 Å². The molecule has 3 aromatic carbocycles. The summed E-state index contributed by atoms with van der Waals surface area (Å²) in [7, 11) is 0. The van der Waals surface area contributed by atoms with Crippen LogP contribution in [0, 0.1) is 0 Å². The summed E-state index contributed by atoms with van der Waals surface area (Å²) in [6.45, 7) is 1.76. The number of para-hydroxylation sites is 2. The quantitative estimate of drug-likeness (QED) is 0.201. The second-order valence-corrected chi connectivity index (χ2v) is 8.65. The molecular weight excluding hydrogens is 526 g/mol. The molecule has 0 saturated carbocycles. The van der Waals surface area contributed by atoms with Crippen molar-refractivity contribution in [1.29, 1.82) is 0 Å². The van der Waals surface area contributed by atoms with Gasteiger partial charge in [-0.15, -0.1) is 0 Å². The van der Waals surface area contributed by atoms with Crippen LogP contribution in [-0.2, 0) is 9.53 Å². The maximum Gasteiger partial charge on any atom is 0.344 e. The van der Waals surface area contributed by atoms with Crippen molar-refractivity contribution in [3.8, 4) is 17.3 Å². The Morgan fingerprint density at radius 2 is 1.92 bits per heavy atom. The smallest absolute Gasteiger partial charge is 0.344 e. The van der Waals surface area contributed by atoms with E-state index in [0.29, 0.717) is 33.6 Å². The van der Waals surface area contributed by atoms with Crippen molar-refractivity contribution in [3.05, 3.63) is 93.2 Å². The number of hydrogen-bond acceptors (Lipinski definition) is 7. The van der Waals surface area contributed by atoms with Crippen LogP contribution < -0.4 is 10.3 Å². The fraction of sp³-hybridized carbons (Fsp3) is 0.111. The second kappa shape index (κ2) is 10.2. The number of ether oxygens (including phenoxy) is 2. The lowest BCUT2D eigenvalue weighted by atomic mass is 10.2. The first-order chi connectivity index (χ1) is 17.5. The molecule has 0 unspecified atom stereocenters. The Balaban J connectivity index is 1.60. The second-order valence-electron chi connectivity index (χ2n) is 7.74. The molecule has 0 aliphatic carbocycles. The third-order valence-electron chi connectivity index (χ3n) is 5.33. The molecule has 0 amide bonds. The number of benzene rings is 3. The van der Waals surface area contributed by atoms with Crippen molar-refractivity contribution >= 4 is 50.0 Å². The third-order valence-corrected chi connectivity index (χ3v) is 5.83. The van der Waals surface area contributed by atoms with Gasteiger partial charge >= 0.3 is 5.97 Å². The molecule has 180 valence electrons. The van der Waals surface area contributed by atoms with Gasteiger partial charge in [0.1, 0.15) is 11.3 Å². The normalized spacial score (nSPS) is 11.4. The van der Waals surface area contributed by atoms with Crippen LogP contribution in [0.2, 0.25) is 0 Å². The number of furan rings is 1. The summed E-state index contributed by atoms with van der Waals surface area (Å²) in [4.78, 5) is 29.9. The molecule has 8 nitrogen and oxygen atoms in total. The minimum Gasteiger partial charge on any atom is -0.481 e. The van der Waals surface area contributed by atoms with Gasteiger partial charge in [-0.2, -0.15) is 9.78 Å². The zero-order valence-electron chi connectivity index (χ0n) is 19.2. The van der Waals surface area contributed by atoms with Crippen molar-refractivity contribution < 1.29 is 18.7 Å². The maximum absolute atomic E-state index is 13.5. The number of nitrogens with zero attached hydrogens (tertiary/aromatic N) is 3. The number of fused-ring (bicyclic) bond motifs is 2. The molecule has 0 aliphatic heterocycles. The highest BCUT2D eigenvalue weighted by Gasteiger charge is 2.17. The molecule has 36 heavy (non-hydrogen) atoms. The van der Waals surface area contributed by atoms with Crippen LogP contribution >= 0.6 is 15.9 Å². The Morgan fingerprint density at radius 1 is 1.11 bits per heavy atom. The minimum atomic E-state index is -0.474. The predicted octanol–water partition coefficient (Wildman–Crippen LogP) is 5.40. The number of carbonyl (C=O) groups excluding carboxylic acids is 1. The zero-order valence-corrected chi connectivity index (χ0v) is 20.8. The van der Waals surface area contributed by atoms with Gasteiger partial charge < -0.3 is 13.9 Å². The van der Waals surface area contributed by atoms with Crippen LogP contribution in [0.4, 0.5) is 0 Å². The Kier molecular flexibility index (Phi) is 6.64. The summed E-state index contributed by atoms with van der Waals surface area (Å²) in [5.74, 6) is 0.603. The van der Waals surface area contributed by atoms with Crippen molar-refractivity contribution in [2.75, 3.05) is 13.2 Å². The molecule has 0 radical (unpaired) electrons. The van der Waals surface area contributed by atoms with E-state index in [1.807, 2.05) is 30.3 Å². The summed E-state index contributed by atoms with van der Waals surface area (Å²) in [6.07, 6.45) is 1.49. The summed E-state index contributed by atoms with van der Waals surface area (Å²) in [5.41, 5.74) is 1.41. The predicted molar refractivity (Wildman–Crippen MR) is 140 cm³/mol. The van der Waals surface area contributed by atoms with Crippen LogP contribution in [0.5, 0.6) is 5.75 Å². The third kappa shape index (κ3) is 4.78. The molecule has 5 aromatic rings. The fourth-order valence-corrected chi connectivity index (χ4v) is 4.07. The van der Waals surface area contributed by atoms with Gasteiger partial charge in [-0.05, 0) is 55.5 Å². The van der Waals surface area contributed by atoms with Gasteiger partial charge in [0, 0.05) is 15.4 Å². The number of halogens is 1. The highest BCUT2D eigenvalue weighted by Crippen LogP contribution is 2.29. The van der Waals surface area contributed by atoms with Crippen LogP contribution in [-0.4, -0.2) is 35.1 Å². The highest BCUT2D eigenvalue weighted by atomic mass is 79.9. The Hall–Kier alpha value is -4.24. The number of rotatable bonds is 7. The van der Waals surface area contributed by atoms with Crippen molar-refractivity contribution in [2.45, 2.75) is 6.92 Å². The largest absolute Gasteiger partial charge is 0.481 e. The molecule has 0 N–H and O–H groups in total. The van der Waals surface area contributed by atoms with E-state index in [-0.39, 0.29) is 24.6 Å². The number of hydrogen-bond donors (Lipinski definition) is 0. The van der Waals surface area contributed by atoms with E-state index in [1.54, 1.807) is 49.4 Å². The van der Waals surface area contributed by atoms with Crippen LogP contribution in [0.25, 0.3) is 33.5 Å². The van der Waals surface area contributed by atoms with Gasteiger partial charge in [-0.1, -0.05) is 40.2 Å². The maximum atomic E-state index is 13.5. The average Bonchev–Trinajstić information content (AvgIpc) is 3.30. The molecule has 0 fully saturated rings. The molecular formula is C27H20BrN3O5. The first-order valence-electron chi connectivity index (χ1n) is 11.2. The lowest BCUT2D eigenvalue weighted by molar-refractivity contribution is -0.145. The molecule has 0 spiro atoms. The Bertz CT molecular complexity index is 1670. The standard InChI is InChI=1S/C27H20BrN3O5/c1-2-34-25(32)16-35-22-10-6-3-7-17(22)15-29-31-26(30-21-9-5-4-8-20(21)27(31)33)24-14-18-13-19(28)11-12-23(18)36-24/h3-15H,2,16H2,1H3. The lowest BCUT2D eigenvalue weighted by Gasteiger charge is -2.09. The summed E-state index contributed by atoms with van der Waals surface area (Å²) >= 11 is 3.47. The Morgan fingerprint density at radius 3 is 2.78 bits per heavy atom. The molecule has 0 atom stereocenters. The molecule has 0 saturated heterocycles. The van der Waals surface area contributed by atoms with Crippen LogP contribution in [0.15, 0.2) is 91.6 Å². The SMILES string of the molecule is CCOC(=O)COc1ccccc1C=Nn1c(-c2cc3cc(Br)ccc3o2)nc2ccccc2c1=O.